The highest BCUT2D eigenvalue weighted by Gasteiger charge is 2.37. The normalized spacial score (nSPS) is 22.8. The van der Waals surface area contributed by atoms with Crippen molar-refractivity contribution < 1.29 is 27.0 Å². The Morgan fingerprint density at radius 3 is 2.62 bits per heavy atom. The van der Waals surface area contributed by atoms with Gasteiger partial charge in [-0.1, -0.05) is 18.2 Å². The number of halogens is 4. The topological polar surface area (TPSA) is 33.7 Å². The molecule has 0 saturated carbocycles. The van der Waals surface area contributed by atoms with Crippen LogP contribution in [0.2, 0.25) is 0 Å². The second-order valence-electron chi connectivity index (χ2n) is 7.28. The van der Waals surface area contributed by atoms with E-state index in [1.807, 2.05) is 24.3 Å². The first kappa shape index (κ1) is 20.1. The quantitative estimate of drug-likeness (QED) is 0.779. The molecule has 0 radical (unpaired) electrons. The third kappa shape index (κ3) is 4.55. The number of nitrogens with one attached hydrogen (secondary N) is 1. The van der Waals surface area contributed by atoms with E-state index in [9.17, 15) is 17.6 Å². The zero-order valence-corrected chi connectivity index (χ0v) is 15.7. The van der Waals surface area contributed by atoms with Crippen molar-refractivity contribution >= 4 is 0 Å². The smallest absolute Gasteiger partial charge is 0.416 e. The summed E-state index contributed by atoms with van der Waals surface area (Å²) in [5, 5.41) is 3.32. The number of nitrogens with zero attached hydrogens (tertiary/aromatic N) is 1. The Balaban J connectivity index is 1.55. The highest BCUT2D eigenvalue weighted by molar-refractivity contribution is 5.38. The summed E-state index contributed by atoms with van der Waals surface area (Å²) >= 11 is 0. The van der Waals surface area contributed by atoms with Gasteiger partial charge in [0.05, 0.1) is 18.2 Å². The maximum absolute atomic E-state index is 13.7. The highest BCUT2D eigenvalue weighted by Crippen LogP contribution is 2.38. The summed E-state index contributed by atoms with van der Waals surface area (Å²) in [6.45, 7) is 3.52. The fraction of sp³-hybridized carbons (Fsp3) is 0.429. The fourth-order valence-corrected chi connectivity index (χ4v) is 3.95. The standard InChI is InChI=1S/C21H22F4N2O2/c22-16-10-14(9-15(11-16)21(23,24)25)12-28-19-13-29-18-4-2-1-3-17(18)20(19)27-7-5-26-6-8-27/h1-4,9-11,19-20,26H,5-8,12-13H2/t19-,20-/m1/s1. The summed E-state index contributed by atoms with van der Waals surface area (Å²) in [5.41, 5.74) is 0.135. The van der Waals surface area contributed by atoms with Crippen LogP contribution in [0, 0.1) is 5.82 Å². The van der Waals surface area contributed by atoms with Gasteiger partial charge in [-0.05, 0) is 29.8 Å². The summed E-state index contributed by atoms with van der Waals surface area (Å²) in [6.07, 6.45) is -4.98. The molecular formula is C21H22F4N2O2. The number of ether oxygens (including phenoxy) is 2. The molecule has 156 valence electrons. The predicted molar refractivity (Wildman–Crippen MR) is 99.1 cm³/mol. The Bertz CT molecular complexity index is 853. The lowest BCUT2D eigenvalue weighted by atomic mass is 9.95. The van der Waals surface area contributed by atoms with Crippen LogP contribution in [0.15, 0.2) is 42.5 Å². The molecule has 1 saturated heterocycles. The molecule has 1 N–H and O–H groups in total. The zero-order valence-electron chi connectivity index (χ0n) is 15.7. The second kappa shape index (κ2) is 8.30. The molecule has 0 bridgehead atoms. The van der Waals surface area contributed by atoms with Crippen molar-refractivity contribution in [2.24, 2.45) is 0 Å². The third-order valence-corrected chi connectivity index (χ3v) is 5.29. The molecule has 0 aliphatic carbocycles. The molecule has 0 unspecified atom stereocenters. The van der Waals surface area contributed by atoms with E-state index in [4.69, 9.17) is 9.47 Å². The minimum Gasteiger partial charge on any atom is -0.490 e. The van der Waals surface area contributed by atoms with E-state index in [-0.39, 0.29) is 30.9 Å². The highest BCUT2D eigenvalue weighted by atomic mass is 19.4. The molecule has 8 heteroatoms. The van der Waals surface area contributed by atoms with Gasteiger partial charge in [-0.3, -0.25) is 4.90 Å². The molecule has 2 heterocycles. The van der Waals surface area contributed by atoms with Crippen LogP contribution < -0.4 is 10.1 Å². The second-order valence-corrected chi connectivity index (χ2v) is 7.28. The van der Waals surface area contributed by atoms with Gasteiger partial charge in [0.1, 0.15) is 24.3 Å². The van der Waals surface area contributed by atoms with Crippen LogP contribution in [0.3, 0.4) is 0 Å². The summed E-state index contributed by atoms with van der Waals surface area (Å²) in [6, 6.07) is 10.2. The van der Waals surface area contributed by atoms with E-state index < -0.39 is 17.6 Å². The SMILES string of the molecule is Fc1cc(CO[C@@H]2COc3ccccc3[C@H]2N2CCNCC2)cc(C(F)(F)F)c1. The minimum absolute atomic E-state index is 0.0716. The summed E-state index contributed by atoms with van der Waals surface area (Å²) in [4.78, 5) is 2.30. The third-order valence-electron chi connectivity index (χ3n) is 5.29. The number of para-hydroxylation sites is 1. The molecular weight excluding hydrogens is 388 g/mol. The van der Waals surface area contributed by atoms with Gasteiger partial charge in [0, 0.05) is 31.7 Å². The average Bonchev–Trinajstić information content (AvgIpc) is 2.71. The fourth-order valence-electron chi connectivity index (χ4n) is 3.95. The van der Waals surface area contributed by atoms with Gasteiger partial charge in [-0.2, -0.15) is 13.2 Å². The monoisotopic (exact) mass is 410 g/mol. The van der Waals surface area contributed by atoms with Gasteiger partial charge < -0.3 is 14.8 Å². The van der Waals surface area contributed by atoms with E-state index in [1.165, 1.54) is 0 Å². The Hall–Kier alpha value is -2.16. The maximum Gasteiger partial charge on any atom is 0.416 e. The number of rotatable bonds is 4. The summed E-state index contributed by atoms with van der Waals surface area (Å²) in [5.74, 6) is -0.136. The van der Waals surface area contributed by atoms with Gasteiger partial charge >= 0.3 is 6.18 Å². The van der Waals surface area contributed by atoms with Crippen molar-refractivity contribution in [1.82, 2.24) is 10.2 Å². The molecule has 2 aliphatic heterocycles. The summed E-state index contributed by atoms with van der Waals surface area (Å²) in [7, 11) is 0. The van der Waals surface area contributed by atoms with E-state index in [2.05, 4.69) is 10.2 Å². The maximum atomic E-state index is 13.7. The molecule has 1 fully saturated rings. The molecule has 0 amide bonds. The van der Waals surface area contributed by atoms with Gasteiger partial charge in [-0.25, -0.2) is 4.39 Å². The lowest BCUT2D eigenvalue weighted by molar-refractivity contribution is -0.137. The van der Waals surface area contributed by atoms with Crippen LogP contribution in [0.25, 0.3) is 0 Å². The van der Waals surface area contributed by atoms with Crippen LogP contribution in [-0.2, 0) is 17.5 Å². The van der Waals surface area contributed by atoms with Crippen LogP contribution in [0.1, 0.15) is 22.7 Å². The van der Waals surface area contributed by atoms with Crippen molar-refractivity contribution in [1.29, 1.82) is 0 Å². The molecule has 2 aliphatic rings. The van der Waals surface area contributed by atoms with Crippen molar-refractivity contribution in [3.05, 3.63) is 65.0 Å². The van der Waals surface area contributed by atoms with E-state index in [0.717, 1.165) is 49.6 Å². The average molecular weight is 410 g/mol. The summed E-state index contributed by atoms with van der Waals surface area (Å²) < 4.78 is 64.4. The molecule has 4 rings (SSSR count). The molecule has 29 heavy (non-hydrogen) atoms. The van der Waals surface area contributed by atoms with Crippen molar-refractivity contribution in [3.63, 3.8) is 0 Å². The van der Waals surface area contributed by atoms with Crippen LogP contribution in [0.4, 0.5) is 17.6 Å². The Morgan fingerprint density at radius 2 is 1.86 bits per heavy atom. The molecule has 2 aromatic carbocycles. The predicted octanol–water partition coefficient (Wildman–Crippen LogP) is 3.77. The van der Waals surface area contributed by atoms with Gasteiger partial charge in [0.25, 0.3) is 0 Å². The minimum atomic E-state index is -4.60. The Kier molecular flexibility index (Phi) is 5.76. The van der Waals surface area contributed by atoms with Crippen molar-refractivity contribution in [3.8, 4) is 5.75 Å². The van der Waals surface area contributed by atoms with Crippen LogP contribution in [0.5, 0.6) is 5.75 Å². The molecule has 0 spiro atoms. The number of fused-ring (bicyclic) bond motifs is 1. The van der Waals surface area contributed by atoms with Gasteiger partial charge in [-0.15, -0.1) is 0 Å². The lowest BCUT2D eigenvalue weighted by Gasteiger charge is -2.42. The van der Waals surface area contributed by atoms with E-state index in [0.29, 0.717) is 6.07 Å². The number of benzene rings is 2. The van der Waals surface area contributed by atoms with E-state index >= 15 is 0 Å². The van der Waals surface area contributed by atoms with Gasteiger partial charge in [0.15, 0.2) is 0 Å². The largest absolute Gasteiger partial charge is 0.490 e. The molecule has 0 aromatic heterocycles. The van der Waals surface area contributed by atoms with E-state index in [1.54, 1.807) is 0 Å². The zero-order chi connectivity index (χ0) is 20.4. The van der Waals surface area contributed by atoms with Crippen LogP contribution in [-0.4, -0.2) is 43.8 Å². The van der Waals surface area contributed by atoms with Crippen LogP contribution >= 0.6 is 0 Å². The van der Waals surface area contributed by atoms with Crippen molar-refractivity contribution in [2.75, 3.05) is 32.8 Å². The number of alkyl halides is 3. The molecule has 2 aromatic rings. The van der Waals surface area contributed by atoms with Crippen molar-refractivity contribution in [2.45, 2.75) is 24.9 Å². The molecule has 4 nitrogen and oxygen atoms in total. The first-order valence-corrected chi connectivity index (χ1v) is 9.56. The number of hydrogen-bond acceptors (Lipinski definition) is 4. The number of piperazine rings is 1. The first-order chi connectivity index (χ1) is 13.9. The Morgan fingerprint density at radius 1 is 1.10 bits per heavy atom. The number of hydrogen-bond donors (Lipinski definition) is 1. The first-order valence-electron chi connectivity index (χ1n) is 9.56. The molecule has 2 atom stereocenters. The van der Waals surface area contributed by atoms with Gasteiger partial charge in [0.2, 0.25) is 0 Å². The lowest BCUT2D eigenvalue weighted by Crippen LogP contribution is -2.51. The Labute approximate surface area is 166 Å².